The highest BCUT2D eigenvalue weighted by atomic mass is 35.5. The van der Waals surface area contributed by atoms with E-state index in [4.69, 9.17) is 17.3 Å². The molecular formula is C20H15ClF2N6O. The minimum Gasteiger partial charge on any atom is -0.369 e. The number of amides is 1. The number of guanidine groups is 1. The van der Waals surface area contributed by atoms with Gasteiger partial charge in [0.2, 0.25) is 0 Å². The van der Waals surface area contributed by atoms with Gasteiger partial charge in [-0.2, -0.15) is 10.2 Å². The predicted octanol–water partition coefficient (Wildman–Crippen LogP) is 3.16. The van der Waals surface area contributed by atoms with E-state index in [1.807, 2.05) is 0 Å². The number of aromatic nitrogens is 3. The molecule has 1 amide bonds. The molecule has 1 aromatic carbocycles. The lowest BCUT2D eigenvalue weighted by Crippen LogP contribution is -2.41. The van der Waals surface area contributed by atoms with Crippen molar-refractivity contribution < 1.29 is 13.6 Å². The van der Waals surface area contributed by atoms with E-state index in [1.165, 1.54) is 30.4 Å². The number of carbonyl (C=O) groups excluding carboxylic acids is 1. The van der Waals surface area contributed by atoms with E-state index < -0.39 is 23.6 Å². The van der Waals surface area contributed by atoms with Gasteiger partial charge in [-0.05, 0) is 53.1 Å². The van der Waals surface area contributed by atoms with E-state index in [9.17, 15) is 13.6 Å². The van der Waals surface area contributed by atoms with Gasteiger partial charge in [-0.3, -0.25) is 14.7 Å². The van der Waals surface area contributed by atoms with E-state index in [0.29, 0.717) is 21.7 Å². The molecule has 0 saturated carbocycles. The smallest absolute Gasteiger partial charge is 0.280 e. The lowest BCUT2D eigenvalue weighted by Gasteiger charge is -2.27. The van der Waals surface area contributed by atoms with Crippen LogP contribution in [0.5, 0.6) is 0 Å². The van der Waals surface area contributed by atoms with Crippen LogP contribution in [0.15, 0.2) is 60.0 Å². The molecule has 0 aliphatic carbocycles. The Labute approximate surface area is 175 Å². The molecule has 0 fully saturated rings. The number of hydrogen-bond donors (Lipinski definition) is 1. The van der Waals surface area contributed by atoms with E-state index >= 15 is 0 Å². The van der Waals surface area contributed by atoms with Gasteiger partial charge in [-0.25, -0.2) is 13.8 Å². The van der Waals surface area contributed by atoms with Crippen LogP contribution in [0.3, 0.4) is 0 Å². The van der Waals surface area contributed by atoms with Gasteiger partial charge in [0, 0.05) is 23.8 Å². The Morgan fingerprint density at radius 1 is 1.07 bits per heavy atom. The fourth-order valence-corrected chi connectivity index (χ4v) is 3.64. The Balaban J connectivity index is 1.99. The summed E-state index contributed by atoms with van der Waals surface area (Å²) < 4.78 is 26.6. The van der Waals surface area contributed by atoms with Crippen molar-refractivity contribution in [1.82, 2.24) is 20.1 Å². The Kier molecular flexibility index (Phi) is 4.90. The van der Waals surface area contributed by atoms with Gasteiger partial charge in [0.1, 0.15) is 5.69 Å². The second kappa shape index (κ2) is 7.42. The highest BCUT2D eigenvalue weighted by Gasteiger charge is 2.50. The molecule has 2 aromatic heterocycles. The first-order chi connectivity index (χ1) is 14.3. The molecule has 1 aliphatic heterocycles. The van der Waals surface area contributed by atoms with Crippen molar-refractivity contribution in [3.05, 3.63) is 76.8 Å². The lowest BCUT2D eigenvalue weighted by atomic mass is 9.82. The third-order valence-corrected chi connectivity index (χ3v) is 5.11. The number of pyridine rings is 1. The molecular weight excluding hydrogens is 414 g/mol. The van der Waals surface area contributed by atoms with Crippen molar-refractivity contribution in [2.45, 2.75) is 12.0 Å². The predicted molar refractivity (Wildman–Crippen MR) is 107 cm³/mol. The van der Waals surface area contributed by atoms with E-state index in [0.717, 1.165) is 6.07 Å². The van der Waals surface area contributed by atoms with E-state index in [1.54, 1.807) is 30.5 Å². The molecule has 152 valence electrons. The van der Waals surface area contributed by atoms with Gasteiger partial charge in [0.15, 0.2) is 11.5 Å². The van der Waals surface area contributed by atoms with Crippen LogP contribution >= 0.6 is 11.6 Å². The number of nitrogens with two attached hydrogens (primary N) is 1. The average Bonchev–Trinajstić information content (AvgIpc) is 2.99. The van der Waals surface area contributed by atoms with Crippen molar-refractivity contribution in [1.29, 1.82) is 0 Å². The summed E-state index contributed by atoms with van der Waals surface area (Å²) in [5.74, 6) is -0.532. The molecule has 10 heteroatoms. The molecule has 0 bridgehead atoms. The van der Waals surface area contributed by atoms with Crippen LogP contribution in [0.4, 0.5) is 8.78 Å². The van der Waals surface area contributed by atoms with Crippen LogP contribution in [-0.2, 0) is 10.3 Å². The van der Waals surface area contributed by atoms with Crippen LogP contribution in [0.2, 0.25) is 5.02 Å². The third kappa shape index (κ3) is 3.17. The topological polar surface area (TPSA) is 97.4 Å². The lowest BCUT2D eigenvalue weighted by molar-refractivity contribution is -0.129. The molecule has 3 heterocycles. The van der Waals surface area contributed by atoms with Gasteiger partial charge < -0.3 is 5.73 Å². The minimum absolute atomic E-state index is 0.0393. The molecule has 30 heavy (non-hydrogen) atoms. The summed E-state index contributed by atoms with van der Waals surface area (Å²) in [6, 6.07) is 9.33. The Morgan fingerprint density at radius 3 is 2.50 bits per heavy atom. The minimum atomic E-state index is -2.81. The number of rotatable bonds is 4. The molecule has 1 aliphatic rings. The van der Waals surface area contributed by atoms with Crippen molar-refractivity contribution in [3.8, 4) is 11.1 Å². The van der Waals surface area contributed by atoms with Gasteiger partial charge >= 0.3 is 0 Å². The second-order valence-electron chi connectivity index (χ2n) is 6.67. The van der Waals surface area contributed by atoms with Crippen LogP contribution in [0, 0.1) is 0 Å². The Bertz CT molecular complexity index is 1160. The quantitative estimate of drug-likeness (QED) is 0.688. The number of carbonyl (C=O) groups is 1. The number of aliphatic imine (C=N–C) groups is 1. The highest BCUT2D eigenvalue weighted by molar-refractivity contribution is 6.31. The zero-order chi connectivity index (χ0) is 21.5. The number of halogens is 3. The molecule has 4 rings (SSSR count). The molecule has 1 unspecified atom stereocenters. The van der Waals surface area contributed by atoms with Crippen molar-refractivity contribution in [2.24, 2.45) is 10.7 Å². The van der Waals surface area contributed by atoms with Crippen molar-refractivity contribution in [3.63, 3.8) is 0 Å². The molecule has 2 N–H and O–H groups in total. The van der Waals surface area contributed by atoms with Gasteiger partial charge in [0.25, 0.3) is 12.3 Å². The van der Waals surface area contributed by atoms with Crippen molar-refractivity contribution in [2.75, 3.05) is 7.05 Å². The van der Waals surface area contributed by atoms with Gasteiger partial charge in [-0.15, -0.1) is 0 Å². The molecule has 3 aromatic rings. The zero-order valence-electron chi connectivity index (χ0n) is 15.6. The first kappa shape index (κ1) is 19.8. The number of hydrogen-bond acceptors (Lipinski definition) is 6. The highest BCUT2D eigenvalue weighted by Crippen LogP contribution is 2.42. The summed E-state index contributed by atoms with van der Waals surface area (Å²) in [6.07, 6.45) is 1.47. The summed E-state index contributed by atoms with van der Waals surface area (Å²) in [5, 5.41) is 7.94. The fourth-order valence-electron chi connectivity index (χ4n) is 3.40. The van der Waals surface area contributed by atoms with Crippen LogP contribution < -0.4 is 5.73 Å². The number of alkyl halides is 2. The monoisotopic (exact) mass is 428 g/mol. The maximum absolute atomic E-state index is 13.3. The van der Waals surface area contributed by atoms with E-state index in [-0.39, 0.29) is 11.5 Å². The van der Waals surface area contributed by atoms with E-state index in [2.05, 4.69) is 20.2 Å². The molecule has 0 radical (unpaired) electrons. The SMILES string of the molecule is CN1C(=O)C(c2cc(Cl)cc(-c3ccnnc3)c2)(c2ccnc(C(F)F)c2)N=C1N. The maximum Gasteiger partial charge on any atom is 0.280 e. The largest absolute Gasteiger partial charge is 0.369 e. The number of benzene rings is 1. The normalized spacial score (nSPS) is 18.8. The number of likely N-dealkylation sites (N-methyl/N-ethyl adjacent to an activating group) is 1. The molecule has 0 saturated heterocycles. The molecule has 0 spiro atoms. The first-order valence-electron chi connectivity index (χ1n) is 8.79. The summed E-state index contributed by atoms with van der Waals surface area (Å²) in [6.45, 7) is 0. The first-order valence-corrected chi connectivity index (χ1v) is 9.17. The van der Waals surface area contributed by atoms with Gasteiger partial charge in [-0.1, -0.05) is 11.6 Å². The second-order valence-corrected chi connectivity index (χ2v) is 7.11. The Morgan fingerprint density at radius 2 is 1.87 bits per heavy atom. The van der Waals surface area contributed by atoms with Crippen LogP contribution in [0.25, 0.3) is 11.1 Å². The summed E-state index contributed by atoms with van der Waals surface area (Å²) in [5.41, 5.74) is 5.76. The van der Waals surface area contributed by atoms with Crippen molar-refractivity contribution >= 4 is 23.5 Å². The third-order valence-electron chi connectivity index (χ3n) is 4.90. The molecule has 7 nitrogen and oxygen atoms in total. The average molecular weight is 429 g/mol. The summed E-state index contributed by atoms with van der Waals surface area (Å²) >= 11 is 6.36. The molecule has 1 atom stereocenters. The van der Waals surface area contributed by atoms with Crippen LogP contribution in [-0.4, -0.2) is 39.0 Å². The van der Waals surface area contributed by atoms with Crippen LogP contribution in [0.1, 0.15) is 23.2 Å². The maximum atomic E-state index is 13.3. The summed E-state index contributed by atoms with van der Waals surface area (Å²) in [7, 11) is 1.47. The fraction of sp³-hybridized carbons (Fsp3) is 0.150. The van der Waals surface area contributed by atoms with Gasteiger partial charge in [0.05, 0.1) is 12.4 Å². The zero-order valence-corrected chi connectivity index (χ0v) is 16.4. The summed E-state index contributed by atoms with van der Waals surface area (Å²) in [4.78, 5) is 22.6. The Hall–Kier alpha value is -3.46. The number of nitrogens with zero attached hydrogens (tertiary/aromatic N) is 5. The standard InChI is InChI=1S/C20H15ClF2N6O/c1-29-18(30)20(28-19(29)24,13-3-4-25-16(9-13)17(22)23)14-6-12(7-15(21)8-14)11-2-5-26-27-10-11/h2-10,17H,1H3,(H2,24,28).